The Morgan fingerprint density at radius 1 is 1.19 bits per heavy atom. The molecule has 1 aromatic heterocycles. The Morgan fingerprint density at radius 2 is 1.76 bits per heavy atom. The number of primary amides is 2. The van der Waals surface area contributed by atoms with Crippen LogP contribution in [0.15, 0.2) is 17.5 Å². The van der Waals surface area contributed by atoms with Crippen LogP contribution in [0.5, 0.6) is 0 Å². The van der Waals surface area contributed by atoms with Gasteiger partial charge in [0.2, 0.25) is 11.8 Å². The molecule has 3 amide bonds. The van der Waals surface area contributed by atoms with Crippen LogP contribution in [0.1, 0.15) is 15.2 Å². The van der Waals surface area contributed by atoms with Crippen molar-refractivity contribution in [2.75, 3.05) is 13.1 Å². The van der Waals surface area contributed by atoms with Crippen LogP contribution in [0.2, 0.25) is 0 Å². The van der Waals surface area contributed by atoms with Crippen molar-refractivity contribution in [3.8, 4) is 0 Å². The topological polar surface area (TPSA) is 144 Å². The van der Waals surface area contributed by atoms with Gasteiger partial charge in [-0.25, -0.2) is 4.79 Å². The normalized spacial score (nSPS) is 10.5. The monoisotopic (exact) mass is 311 g/mol. The van der Waals surface area contributed by atoms with Crippen LogP contribution in [-0.4, -0.2) is 46.8 Å². The van der Waals surface area contributed by atoms with E-state index < -0.39 is 36.8 Å². The first kappa shape index (κ1) is 16.4. The number of carbonyl (C=O) groups excluding carboxylic acids is 3. The molecular weight excluding hydrogens is 298 g/mol. The molecule has 0 bridgehead atoms. The van der Waals surface area contributed by atoms with Gasteiger partial charge in [-0.2, -0.15) is 0 Å². The van der Waals surface area contributed by atoms with Crippen molar-refractivity contribution >= 4 is 41.1 Å². The van der Waals surface area contributed by atoms with Gasteiger partial charge in [0, 0.05) is 6.08 Å². The van der Waals surface area contributed by atoms with Crippen LogP contribution in [-0.2, 0) is 14.4 Å². The molecule has 0 spiro atoms. The molecule has 8 nitrogen and oxygen atoms in total. The van der Waals surface area contributed by atoms with Crippen LogP contribution in [0.25, 0.3) is 6.08 Å². The lowest BCUT2D eigenvalue weighted by Gasteiger charge is -2.19. The van der Waals surface area contributed by atoms with Gasteiger partial charge in [-0.15, -0.1) is 11.3 Å². The molecule has 1 heterocycles. The molecule has 0 saturated heterocycles. The summed E-state index contributed by atoms with van der Waals surface area (Å²) >= 11 is 1.05. The van der Waals surface area contributed by atoms with Gasteiger partial charge in [0.05, 0.1) is 4.88 Å². The van der Waals surface area contributed by atoms with E-state index in [9.17, 15) is 19.2 Å². The van der Waals surface area contributed by atoms with E-state index in [1.165, 1.54) is 6.08 Å². The lowest BCUT2D eigenvalue weighted by Crippen LogP contribution is -2.43. The average molecular weight is 311 g/mol. The third-order valence-corrected chi connectivity index (χ3v) is 3.19. The zero-order chi connectivity index (χ0) is 16.0. The number of aliphatic carboxylic acids is 1. The molecular formula is C12H13N3O5S. The molecule has 1 aromatic rings. The maximum absolute atomic E-state index is 12.3. The van der Waals surface area contributed by atoms with Gasteiger partial charge >= 0.3 is 5.97 Å². The molecule has 0 aliphatic carbocycles. The number of nitrogens with two attached hydrogens (primary N) is 2. The first-order valence-corrected chi connectivity index (χ1v) is 6.53. The summed E-state index contributed by atoms with van der Waals surface area (Å²) < 4.78 is 0. The summed E-state index contributed by atoms with van der Waals surface area (Å²) in [5, 5.41) is 10.2. The number of carbonyl (C=O) groups is 4. The predicted octanol–water partition coefficient (Wildman–Crippen LogP) is -0.741. The Labute approximate surface area is 123 Å². The maximum atomic E-state index is 12.3. The van der Waals surface area contributed by atoms with Gasteiger partial charge < -0.3 is 21.5 Å². The number of amides is 3. The Bertz CT molecular complexity index is 592. The number of carboxylic acids is 1. The molecule has 21 heavy (non-hydrogen) atoms. The number of hydrogen-bond acceptors (Lipinski definition) is 5. The van der Waals surface area contributed by atoms with Crippen molar-refractivity contribution in [2.24, 2.45) is 11.5 Å². The summed E-state index contributed by atoms with van der Waals surface area (Å²) in [5.74, 6) is -3.36. The Morgan fingerprint density at radius 3 is 2.24 bits per heavy atom. The Hall–Kier alpha value is -2.68. The fraction of sp³-hybridized carbons (Fsp3) is 0.167. The predicted molar refractivity (Wildman–Crippen MR) is 75.3 cm³/mol. The van der Waals surface area contributed by atoms with E-state index in [1.54, 1.807) is 11.4 Å². The van der Waals surface area contributed by atoms with E-state index >= 15 is 0 Å². The summed E-state index contributed by atoms with van der Waals surface area (Å²) in [6.07, 6.45) is 2.13. The third kappa shape index (κ3) is 5.07. The zero-order valence-electron chi connectivity index (χ0n) is 10.8. The molecule has 112 valence electrons. The second kappa shape index (κ2) is 7.20. The highest BCUT2D eigenvalue weighted by Gasteiger charge is 2.22. The molecule has 0 radical (unpaired) electrons. The quantitative estimate of drug-likeness (QED) is 0.568. The van der Waals surface area contributed by atoms with E-state index in [0.29, 0.717) is 5.56 Å². The highest BCUT2D eigenvalue weighted by atomic mass is 32.1. The van der Waals surface area contributed by atoms with Gasteiger partial charge in [-0.05, 0) is 23.1 Å². The minimum atomic E-state index is -1.16. The SMILES string of the molecule is NC(=O)CN(CC(N)=O)C(=O)c1sccc1C=CC(=O)O. The highest BCUT2D eigenvalue weighted by Crippen LogP contribution is 2.20. The van der Waals surface area contributed by atoms with Crippen LogP contribution in [0, 0.1) is 0 Å². The summed E-state index contributed by atoms with van der Waals surface area (Å²) in [6, 6.07) is 1.55. The number of hydrogen-bond donors (Lipinski definition) is 3. The largest absolute Gasteiger partial charge is 0.478 e. The van der Waals surface area contributed by atoms with Gasteiger partial charge in [0.1, 0.15) is 13.1 Å². The van der Waals surface area contributed by atoms with Crippen LogP contribution < -0.4 is 11.5 Å². The van der Waals surface area contributed by atoms with Gasteiger partial charge in [-0.1, -0.05) is 0 Å². The minimum Gasteiger partial charge on any atom is -0.478 e. The van der Waals surface area contributed by atoms with Crippen molar-refractivity contribution in [3.63, 3.8) is 0 Å². The van der Waals surface area contributed by atoms with E-state index in [2.05, 4.69) is 0 Å². The molecule has 1 rings (SSSR count). The standard InChI is InChI=1S/C12H13N3O5S/c13-8(16)5-15(6-9(14)17)12(20)11-7(3-4-21-11)1-2-10(18)19/h1-4H,5-6H2,(H2,13,16)(H2,14,17)(H,18,19). The van der Waals surface area contributed by atoms with Crippen LogP contribution in [0.3, 0.4) is 0 Å². The zero-order valence-corrected chi connectivity index (χ0v) is 11.6. The number of thiophene rings is 1. The fourth-order valence-corrected chi connectivity index (χ4v) is 2.36. The van der Waals surface area contributed by atoms with Gasteiger partial charge in [0.15, 0.2) is 0 Å². The first-order chi connectivity index (χ1) is 9.81. The van der Waals surface area contributed by atoms with Gasteiger partial charge in [0.25, 0.3) is 5.91 Å². The average Bonchev–Trinajstić information content (AvgIpc) is 2.81. The summed E-state index contributed by atoms with van der Waals surface area (Å²) in [6.45, 7) is -0.913. The fourth-order valence-electron chi connectivity index (χ4n) is 1.50. The molecule has 0 unspecified atom stereocenters. The van der Waals surface area contributed by atoms with E-state index in [4.69, 9.17) is 16.6 Å². The van der Waals surface area contributed by atoms with Crippen LogP contribution >= 0.6 is 11.3 Å². The number of nitrogens with zero attached hydrogens (tertiary/aromatic N) is 1. The second-order valence-electron chi connectivity index (χ2n) is 3.97. The minimum absolute atomic E-state index is 0.190. The van der Waals surface area contributed by atoms with E-state index in [-0.39, 0.29) is 4.88 Å². The van der Waals surface area contributed by atoms with Crippen molar-refractivity contribution < 1.29 is 24.3 Å². The summed E-state index contributed by atoms with van der Waals surface area (Å²) in [4.78, 5) is 45.8. The summed E-state index contributed by atoms with van der Waals surface area (Å²) in [7, 11) is 0. The lowest BCUT2D eigenvalue weighted by atomic mass is 10.2. The molecule has 5 N–H and O–H groups in total. The smallest absolute Gasteiger partial charge is 0.328 e. The Kier molecular flexibility index (Phi) is 5.61. The molecule has 0 saturated carbocycles. The highest BCUT2D eigenvalue weighted by molar-refractivity contribution is 7.12. The molecule has 0 atom stereocenters. The first-order valence-electron chi connectivity index (χ1n) is 5.65. The molecule has 0 fully saturated rings. The third-order valence-electron chi connectivity index (χ3n) is 2.28. The number of carboxylic acid groups (broad SMARTS) is 1. The van der Waals surface area contributed by atoms with Crippen molar-refractivity contribution in [2.45, 2.75) is 0 Å². The van der Waals surface area contributed by atoms with E-state index in [0.717, 1.165) is 22.3 Å². The van der Waals surface area contributed by atoms with Crippen molar-refractivity contribution in [1.82, 2.24) is 4.90 Å². The summed E-state index contributed by atoms with van der Waals surface area (Å²) in [5.41, 5.74) is 10.4. The lowest BCUT2D eigenvalue weighted by molar-refractivity contribution is -0.131. The maximum Gasteiger partial charge on any atom is 0.328 e. The Balaban J connectivity index is 3.03. The van der Waals surface area contributed by atoms with Crippen molar-refractivity contribution in [1.29, 1.82) is 0 Å². The van der Waals surface area contributed by atoms with Crippen molar-refractivity contribution in [3.05, 3.63) is 28.0 Å². The second-order valence-corrected chi connectivity index (χ2v) is 4.89. The molecule has 0 aliphatic heterocycles. The number of rotatable bonds is 7. The van der Waals surface area contributed by atoms with Gasteiger partial charge in [-0.3, -0.25) is 14.4 Å². The van der Waals surface area contributed by atoms with Crippen LogP contribution in [0.4, 0.5) is 0 Å². The molecule has 0 aromatic carbocycles. The molecule has 9 heteroatoms. The molecule has 0 aliphatic rings. The van der Waals surface area contributed by atoms with E-state index in [1.807, 2.05) is 0 Å².